The minimum atomic E-state index is -4.77. The van der Waals surface area contributed by atoms with Crippen LogP contribution in [0.5, 0.6) is 0 Å². The number of phosphoric ester groups is 1. The summed E-state index contributed by atoms with van der Waals surface area (Å²) in [7, 11) is -4.77. The minimum Gasteiger partial charge on any atom is -0.394 e. The van der Waals surface area contributed by atoms with E-state index in [0.717, 1.165) is 0 Å². The van der Waals surface area contributed by atoms with E-state index >= 15 is 0 Å². The molecule has 0 saturated carbocycles. The molecule has 12 heteroatoms. The van der Waals surface area contributed by atoms with Crippen molar-refractivity contribution in [3.8, 4) is 0 Å². The van der Waals surface area contributed by atoms with Crippen molar-refractivity contribution in [2.75, 3.05) is 19.8 Å². The first-order valence-electron chi connectivity index (χ1n) is 5.96. The third-order valence-electron chi connectivity index (χ3n) is 2.81. The van der Waals surface area contributed by atoms with Crippen molar-refractivity contribution in [1.82, 2.24) is 0 Å². The quantitative estimate of drug-likeness (QED) is 0.227. The highest BCUT2D eigenvalue weighted by Crippen LogP contribution is 2.36. The Labute approximate surface area is 119 Å². The number of ether oxygens (including phenoxy) is 2. The molecule has 0 amide bonds. The molecule has 1 rings (SSSR count). The monoisotopic (exact) mass is 334 g/mol. The van der Waals surface area contributed by atoms with Crippen molar-refractivity contribution in [2.45, 2.75) is 36.8 Å². The second kappa shape index (κ2) is 7.90. The average Bonchev–Trinajstić information content (AvgIpc) is 2.42. The second-order valence-corrected chi connectivity index (χ2v) is 5.66. The normalized spacial score (nSPS) is 35.7. The zero-order chi connectivity index (χ0) is 16.2. The molecule has 6 atom stereocenters. The van der Waals surface area contributed by atoms with Crippen LogP contribution < -0.4 is 0 Å². The van der Waals surface area contributed by atoms with Gasteiger partial charge >= 0.3 is 7.82 Å². The lowest BCUT2D eigenvalue weighted by molar-refractivity contribution is -0.314. The maximum absolute atomic E-state index is 10.5. The Morgan fingerprint density at radius 1 is 1.10 bits per heavy atom. The summed E-state index contributed by atoms with van der Waals surface area (Å²) in [5.74, 6) is 0. The van der Waals surface area contributed by atoms with E-state index in [4.69, 9.17) is 29.5 Å². The molecule has 0 aromatic heterocycles. The van der Waals surface area contributed by atoms with E-state index in [1.54, 1.807) is 0 Å². The van der Waals surface area contributed by atoms with Crippen LogP contribution in [0.15, 0.2) is 0 Å². The van der Waals surface area contributed by atoms with Gasteiger partial charge in [-0.1, -0.05) is 0 Å². The second-order valence-electron chi connectivity index (χ2n) is 4.42. The predicted molar refractivity (Wildman–Crippen MR) is 63.7 cm³/mol. The molecule has 1 saturated heterocycles. The summed E-state index contributed by atoms with van der Waals surface area (Å²) in [4.78, 5) is 17.1. The van der Waals surface area contributed by atoms with Crippen LogP contribution >= 0.6 is 7.82 Å². The van der Waals surface area contributed by atoms with Gasteiger partial charge in [0, 0.05) is 0 Å². The van der Waals surface area contributed by atoms with Gasteiger partial charge in [0.1, 0.15) is 30.5 Å². The molecule has 11 nitrogen and oxygen atoms in total. The molecule has 1 aliphatic rings. The molecule has 126 valence electrons. The summed E-state index contributed by atoms with van der Waals surface area (Å²) in [5.41, 5.74) is 0. The minimum absolute atomic E-state index is 0.659. The van der Waals surface area contributed by atoms with Crippen LogP contribution in [0.1, 0.15) is 0 Å². The van der Waals surface area contributed by atoms with Gasteiger partial charge in [0.15, 0.2) is 6.29 Å². The van der Waals surface area contributed by atoms with Gasteiger partial charge in [-0.3, -0.25) is 4.52 Å². The largest absolute Gasteiger partial charge is 0.469 e. The van der Waals surface area contributed by atoms with Crippen LogP contribution in [0.3, 0.4) is 0 Å². The molecule has 1 aliphatic heterocycles. The molecule has 1 heterocycles. The predicted octanol–water partition coefficient (Wildman–Crippen LogP) is -3.73. The van der Waals surface area contributed by atoms with Crippen molar-refractivity contribution in [3.63, 3.8) is 0 Å². The summed E-state index contributed by atoms with van der Waals surface area (Å²) >= 11 is 0. The number of hydrogen-bond donors (Lipinski definition) is 7. The van der Waals surface area contributed by atoms with Crippen LogP contribution in [0.25, 0.3) is 0 Å². The Balaban J connectivity index is 2.63. The van der Waals surface area contributed by atoms with Crippen LogP contribution in [0.4, 0.5) is 0 Å². The molecule has 0 spiro atoms. The maximum atomic E-state index is 10.5. The average molecular weight is 334 g/mol. The lowest BCUT2D eigenvalue weighted by atomic mass is 9.99. The maximum Gasteiger partial charge on any atom is 0.469 e. The highest BCUT2D eigenvalue weighted by molar-refractivity contribution is 7.46. The molecule has 6 unspecified atom stereocenters. The molecule has 21 heavy (non-hydrogen) atoms. The van der Waals surface area contributed by atoms with Gasteiger partial charge in [0.05, 0.1) is 19.8 Å². The third kappa shape index (κ3) is 5.51. The summed E-state index contributed by atoms with van der Waals surface area (Å²) in [5, 5.41) is 46.7. The molecule has 0 aliphatic carbocycles. The lowest BCUT2D eigenvalue weighted by Gasteiger charge is -2.40. The zero-order valence-electron chi connectivity index (χ0n) is 10.8. The van der Waals surface area contributed by atoms with E-state index in [2.05, 4.69) is 4.52 Å². The molecule has 0 aromatic carbocycles. The van der Waals surface area contributed by atoms with Gasteiger partial charge in [0.25, 0.3) is 0 Å². The van der Waals surface area contributed by atoms with E-state index in [1.807, 2.05) is 0 Å². The molecule has 7 N–H and O–H groups in total. The van der Waals surface area contributed by atoms with Crippen molar-refractivity contribution >= 4 is 7.82 Å². The van der Waals surface area contributed by atoms with Crippen molar-refractivity contribution in [2.24, 2.45) is 0 Å². The third-order valence-corrected chi connectivity index (χ3v) is 3.29. The Morgan fingerprint density at radius 3 is 2.19 bits per heavy atom. The van der Waals surface area contributed by atoms with Gasteiger partial charge in [0.2, 0.25) is 0 Å². The van der Waals surface area contributed by atoms with Gasteiger partial charge < -0.3 is 44.8 Å². The fraction of sp³-hybridized carbons (Fsp3) is 1.00. The van der Waals surface area contributed by atoms with Gasteiger partial charge in [-0.25, -0.2) is 4.57 Å². The summed E-state index contributed by atoms with van der Waals surface area (Å²) in [6.07, 6.45) is -8.91. The SMILES string of the molecule is O=P(O)(O)OCC(CO)OC1OC(CO)C(O)C(O)C1O. The van der Waals surface area contributed by atoms with Gasteiger partial charge in [-0.15, -0.1) is 0 Å². The number of rotatable bonds is 7. The van der Waals surface area contributed by atoms with Gasteiger partial charge in [-0.05, 0) is 0 Å². The molecule has 0 aromatic rings. The van der Waals surface area contributed by atoms with E-state index in [-0.39, 0.29) is 0 Å². The Kier molecular flexibility index (Phi) is 7.10. The fourth-order valence-corrected chi connectivity index (χ4v) is 2.05. The first-order valence-corrected chi connectivity index (χ1v) is 7.49. The Morgan fingerprint density at radius 2 is 1.71 bits per heavy atom. The topological polar surface area (TPSA) is 186 Å². The smallest absolute Gasteiger partial charge is 0.394 e. The van der Waals surface area contributed by atoms with E-state index < -0.39 is 64.5 Å². The molecule has 0 radical (unpaired) electrons. The summed E-state index contributed by atoms with van der Waals surface area (Å²) in [6.45, 7) is -2.07. The first-order chi connectivity index (χ1) is 9.69. The highest BCUT2D eigenvalue weighted by atomic mass is 31.2. The molecule has 0 bridgehead atoms. The molecular formula is C9H19O11P. The number of aliphatic hydroxyl groups excluding tert-OH is 5. The van der Waals surface area contributed by atoms with Crippen LogP contribution in [0.2, 0.25) is 0 Å². The fourth-order valence-electron chi connectivity index (χ4n) is 1.68. The summed E-state index contributed by atoms with van der Waals surface area (Å²) < 4.78 is 24.7. The van der Waals surface area contributed by atoms with E-state index in [1.165, 1.54) is 0 Å². The van der Waals surface area contributed by atoms with E-state index in [9.17, 15) is 19.9 Å². The number of hydrogen-bond acceptors (Lipinski definition) is 9. The van der Waals surface area contributed by atoms with E-state index in [0.29, 0.717) is 0 Å². The standard InChI is InChI=1S/C9H19O11P/c10-1-4(3-18-21(15,16)17)19-9-8(14)7(13)6(12)5(2-11)20-9/h4-14H,1-3H2,(H2,15,16,17). The molecule has 1 fully saturated rings. The highest BCUT2D eigenvalue weighted by Gasteiger charge is 2.44. The lowest BCUT2D eigenvalue weighted by Crippen LogP contribution is -2.60. The van der Waals surface area contributed by atoms with Crippen LogP contribution in [-0.4, -0.2) is 91.9 Å². The van der Waals surface area contributed by atoms with Crippen molar-refractivity contribution < 1.29 is 53.9 Å². The number of aliphatic hydroxyl groups is 5. The van der Waals surface area contributed by atoms with Crippen LogP contribution in [0, 0.1) is 0 Å². The first kappa shape index (κ1) is 18.9. The van der Waals surface area contributed by atoms with Crippen molar-refractivity contribution in [1.29, 1.82) is 0 Å². The van der Waals surface area contributed by atoms with Gasteiger partial charge in [-0.2, -0.15) is 0 Å². The zero-order valence-corrected chi connectivity index (χ0v) is 11.7. The number of phosphoric acid groups is 1. The Bertz CT molecular complexity index is 358. The van der Waals surface area contributed by atoms with Crippen molar-refractivity contribution in [3.05, 3.63) is 0 Å². The Hall–Kier alpha value is -0.170. The van der Waals surface area contributed by atoms with Crippen LogP contribution in [-0.2, 0) is 18.6 Å². The summed E-state index contributed by atoms with van der Waals surface area (Å²) in [6, 6.07) is 0. The molecular weight excluding hydrogens is 315 g/mol.